The van der Waals surface area contributed by atoms with Crippen LogP contribution in [-0.4, -0.2) is 18.6 Å². The first kappa shape index (κ1) is 12.8. The Labute approximate surface area is 108 Å². The molecule has 0 unspecified atom stereocenters. The van der Waals surface area contributed by atoms with Crippen LogP contribution in [0.3, 0.4) is 0 Å². The molecule has 3 heteroatoms. The number of aromatic nitrogens is 1. The summed E-state index contributed by atoms with van der Waals surface area (Å²) in [6.45, 7) is 7.79. The van der Waals surface area contributed by atoms with Gasteiger partial charge in [0.1, 0.15) is 0 Å². The van der Waals surface area contributed by atoms with Crippen LogP contribution in [0.2, 0.25) is 0 Å². The smallest absolute Gasteiger partial charge is 0.0781 e. The van der Waals surface area contributed by atoms with Crippen molar-refractivity contribution in [3.63, 3.8) is 0 Å². The molecule has 0 aliphatic heterocycles. The molecule has 0 atom stereocenters. The molecule has 0 aliphatic carbocycles. The number of benzene rings is 1. The van der Waals surface area contributed by atoms with Crippen molar-refractivity contribution < 1.29 is 4.74 Å². The minimum absolute atomic E-state index is 0.596. The van der Waals surface area contributed by atoms with Gasteiger partial charge in [-0.15, -0.1) is 0 Å². The quantitative estimate of drug-likeness (QED) is 0.894. The second-order valence-corrected chi connectivity index (χ2v) is 4.47. The molecule has 0 spiro atoms. The summed E-state index contributed by atoms with van der Waals surface area (Å²) >= 11 is 0. The molecule has 0 radical (unpaired) electrons. The summed E-state index contributed by atoms with van der Waals surface area (Å²) in [7, 11) is 1.71. The zero-order valence-electron chi connectivity index (χ0n) is 11.5. The maximum absolute atomic E-state index is 5.25. The van der Waals surface area contributed by atoms with E-state index < -0.39 is 0 Å². The molecule has 96 valence electrons. The third-order valence-corrected chi connectivity index (χ3v) is 3.24. The normalized spacial score (nSPS) is 10.9. The average molecular weight is 244 g/mol. The van der Waals surface area contributed by atoms with E-state index in [4.69, 9.17) is 9.72 Å². The molecule has 1 aromatic carbocycles. The van der Waals surface area contributed by atoms with Gasteiger partial charge in [-0.25, -0.2) is 0 Å². The lowest BCUT2D eigenvalue weighted by atomic mass is 10.0. The summed E-state index contributed by atoms with van der Waals surface area (Å²) in [4.78, 5) is 4.72. The molecule has 0 saturated carbocycles. The first-order valence-corrected chi connectivity index (χ1v) is 6.30. The van der Waals surface area contributed by atoms with E-state index in [1.165, 1.54) is 16.6 Å². The van der Waals surface area contributed by atoms with Crippen molar-refractivity contribution >= 4 is 16.6 Å². The van der Waals surface area contributed by atoms with E-state index in [-0.39, 0.29) is 0 Å². The predicted molar refractivity (Wildman–Crippen MR) is 76.1 cm³/mol. The summed E-state index contributed by atoms with van der Waals surface area (Å²) in [5.41, 5.74) is 5.66. The van der Waals surface area contributed by atoms with Crippen LogP contribution < -0.4 is 5.32 Å². The van der Waals surface area contributed by atoms with Gasteiger partial charge in [-0.3, -0.25) is 4.98 Å². The van der Waals surface area contributed by atoms with E-state index in [1.54, 1.807) is 7.11 Å². The van der Waals surface area contributed by atoms with E-state index in [0.717, 1.165) is 23.3 Å². The topological polar surface area (TPSA) is 34.2 Å². The zero-order valence-corrected chi connectivity index (χ0v) is 11.5. The lowest BCUT2D eigenvalue weighted by molar-refractivity contribution is 0.186. The monoisotopic (exact) mass is 244 g/mol. The van der Waals surface area contributed by atoms with Gasteiger partial charge in [-0.2, -0.15) is 0 Å². The summed E-state index contributed by atoms with van der Waals surface area (Å²) < 4.78 is 5.25. The second-order valence-electron chi connectivity index (χ2n) is 4.47. The van der Waals surface area contributed by atoms with Gasteiger partial charge in [-0.1, -0.05) is 18.2 Å². The van der Waals surface area contributed by atoms with Crippen molar-refractivity contribution in [1.82, 2.24) is 4.98 Å². The number of para-hydroxylation sites is 1. The molecule has 0 fully saturated rings. The Hall–Kier alpha value is -1.61. The Morgan fingerprint density at radius 2 is 2.06 bits per heavy atom. The third-order valence-electron chi connectivity index (χ3n) is 3.24. The number of methoxy groups -OCH3 is 1. The van der Waals surface area contributed by atoms with Crippen molar-refractivity contribution in [1.29, 1.82) is 0 Å². The number of nitrogens with one attached hydrogen (secondary N) is 1. The van der Waals surface area contributed by atoms with Gasteiger partial charge in [0.2, 0.25) is 0 Å². The molecule has 2 aromatic rings. The summed E-state index contributed by atoms with van der Waals surface area (Å²) in [6, 6.07) is 6.25. The van der Waals surface area contributed by atoms with Crippen LogP contribution in [0.4, 0.5) is 5.69 Å². The average Bonchev–Trinajstić information content (AvgIpc) is 2.36. The van der Waals surface area contributed by atoms with Crippen LogP contribution in [0.25, 0.3) is 10.9 Å². The number of hydrogen-bond acceptors (Lipinski definition) is 3. The van der Waals surface area contributed by atoms with Crippen LogP contribution in [0.15, 0.2) is 18.2 Å². The number of aryl methyl sites for hydroxylation is 1. The summed E-state index contributed by atoms with van der Waals surface area (Å²) in [5, 5.41) is 4.62. The molecule has 1 N–H and O–H groups in total. The van der Waals surface area contributed by atoms with Crippen LogP contribution in [0, 0.1) is 13.8 Å². The number of fused-ring (bicyclic) bond motifs is 1. The van der Waals surface area contributed by atoms with Crippen LogP contribution in [0.1, 0.15) is 23.7 Å². The van der Waals surface area contributed by atoms with Gasteiger partial charge in [0.05, 0.1) is 12.1 Å². The van der Waals surface area contributed by atoms with Gasteiger partial charge < -0.3 is 10.1 Å². The van der Waals surface area contributed by atoms with Crippen LogP contribution in [-0.2, 0) is 11.3 Å². The fraction of sp³-hybridized carbons (Fsp3) is 0.400. The van der Waals surface area contributed by atoms with E-state index in [0.29, 0.717) is 6.61 Å². The highest BCUT2D eigenvalue weighted by molar-refractivity contribution is 5.95. The van der Waals surface area contributed by atoms with Gasteiger partial charge in [0.15, 0.2) is 0 Å². The highest BCUT2D eigenvalue weighted by Crippen LogP contribution is 2.29. The van der Waals surface area contributed by atoms with E-state index in [1.807, 2.05) is 0 Å². The Balaban J connectivity index is 2.73. The van der Waals surface area contributed by atoms with Gasteiger partial charge in [0.25, 0.3) is 0 Å². The molecule has 0 aliphatic rings. The number of anilines is 1. The van der Waals surface area contributed by atoms with E-state index in [2.05, 4.69) is 44.3 Å². The standard InChI is InChI=1S/C15H20N2O/c1-5-16-14-10(2)11(3)17-15-12(9-18-4)7-6-8-13(14)15/h6-8H,5,9H2,1-4H3,(H,16,17). The number of hydrogen-bond donors (Lipinski definition) is 1. The molecule has 1 aromatic heterocycles. The highest BCUT2D eigenvalue weighted by Gasteiger charge is 2.11. The molecular weight excluding hydrogens is 224 g/mol. The molecule has 2 rings (SSSR count). The second kappa shape index (κ2) is 5.36. The van der Waals surface area contributed by atoms with Gasteiger partial charge in [0, 0.05) is 36.0 Å². The molecule has 3 nitrogen and oxygen atoms in total. The predicted octanol–water partition coefficient (Wildman–Crippen LogP) is 3.43. The third kappa shape index (κ3) is 2.18. The number of rotatable bonds is 4. The summed E-state index contributed by atoms with van der Waals surface area (Å²) in [5.74, 6) is 0. The van der Waals surface area contributed by atoms with Crippen LogP contribution >= 0.6 is 0 Å². The van der Waals surface area contributed by atoms with Crippen molar-refractivity contribution in [2.45, 2.75) is 27.4 Å². The number of ether oxygens (including phenoxy) is 1. The Bertz CT molecular complexity index is 564. The Kier molecular flexibility index (Phi) is 3.82. The van der Waals surface area contributed by atoms with Crippen molar-refractivity contribution in [2.75, 3.05) is 19.0 Å². The molecule has 0 saturated heterocycles. The molecular formula is C15H20N2O. The SMILES string of the molecule is CCNc1c(C)c(C)nc2c(COC)cccc12. The minimum Gasteiger partial charge on any atom is -0.385 e. The van der Waals surface area contributed by atoms with Gasteiger partial charge in [-0.05, 0) is 26.3 Å². The zero-order chi connectivity index (χ0) is 13.1. The van der Waals surface area contributed by atoms with Crippen molar-refractivity contribution in [3.05, 3.63) is 35.0 Å². The largest absolute Gasteiger partial charge is 0.385 e. The Morgan fingerprint density at radius 1 is 1.28 bits per heavy atom. The maximum Gasteiger partial charge on any atom is 0.0781 e. The number of nitrogens with zero attached hydrogens (tertiary/aromatic N) is 1. The fourth-order valence-electron chi connectivity index (χ4n) is 2.24. The van der Waals surface area contributed by atoms with Crippen LogP contribution in [0.5, 0.6) is 0 Å². The van der Waals surface area contributed by atoms with Gasteiger partial charge >= 0.3 is 0 Å². The van der Waals surface area contributed by atoms with Crippen molar-refractivity contribution in [2.24, 2.45) is 0 Å². The molecule has 1 heterocycles. The molecule has 18 heavy (non-hydrogen) atoms. The fourth-order valence-corrected chi connectivity index (χ4v) is 2.24. The van der Waals surface area contributed by atoms with E-state index in [9.17, 15) is 0 Å². The molecule has 0 bridgehead atoms. The minimum atomic E-state index is 0.596. The molecule has 0 amide bonds. The first-order chi connectivity index (χ1) is 8.69. The summed E-state index contributed by atoms with van der Waals surface area (Å²) in [6.07, 6.45) is 0. The van der Waals surface area contributed by atoms with Crippen molar-refractivity contribution in [3.8, 4) is 0 Å². The van der Waals surface area contributed by atoms with E-state index >= 15 is 0 Å². The Morgan fingerprint density at radius 3 is 2.72 bits per heavy atom. The maximum atomic E-state index is 5.25. The highest BCUT2D eigenvalue weighted by atomic mass is 16.5. The lowest BCUT2D eigenvalue weighted by Gasteiger charge is -2.15. The lowest BCUT2D eigenvalue weighted by Crippen LogP contribution is -2.04. The number of pyridine rings is 1. The first-order valence-electron chi connectivity index (χ1n) is 6.30.